The fourth-order valence-corrected chi connectivity index (χ4v) is 3.82. The Morgan fingerprint density at radius 3 is 2.75 bits per heavy atom. The van der Waals surface area contributed by atoms with Gasteiger partial charge in [-0.25, -0.2) is 0 Å². The van der Waals surface area contributed by atoms with Crippen molar-refractivity contribution in [2.24, 2.45) is 0 Å². The minimum absolute atomic E-state index is 0.402. The summed E-state index contributed by atoms with van der Waals surface area (Å²) in [6.07, 6.45) is 1.03. The molecule has 1 heterocycles. The summed E-state index contributed by atoms with van der Waals surface area (Å²) in [4.78, 5) is 4.62. The van der Waals surface area contributed by atoms with Crippen molar-refractivity contribution in [2.75, 3.05) is 16.8 Å². The van der Waals surface area contributed by atoms with Gasteiger partial charge in [-0.05, 0) is 37.1 Å². The van der Waals surface area contributed by atoms with Crippen molar-refractivity contribution in [1.29, 1.82) is 0 Å². The highest BCUT2D eigenvalue weighted by Gasteiger charge is 2.26. The number of rotatable bonds is 3. The molecule has 0 bridgehead atoms. The summed E-state index contributed by atoms with van der Waals surface area (Å²) < 4.78 is 0. The fourth-order valence-electron chi connectivity index (χ4n) is 2.46. The van der Waals surface area contributed by atoms with E-state index in [4.69, 9.17) is 0 Å². The second kappa shape index (κ2) is 5.70. The van der Waals surface area contributed by atoms with Crippen molar-refractivity contribution in [3.63, 3.8) is 0 Å². The quantitative estimate of drug-likeness (QED) is 0.780. The molecule has 0 unspecified atom stereocenters. The molecule has 3 rings (SSSR count). The van der Waals surface area contributed by atoms with Crippen LogP contribution in [0, 0.1) is 6.92 Å². The summed E-state index contributed by atoms with van der Waals surface area (Å²) in [6, 6.07) is 12.5. The molecule has 1 aliphatic rings. The van der Waals surface area contributed by atoms with E-state index in [9.17, 15) is 5.11 Å². The van der Waals surface area contributed by atoms with Gasteiger partial charge in [0.05, 0.1) is 11.4 Å². The summed E-state index contributed by atoms with van der Waals surface area (Å²) in [7, 11) is 0. The molecule has 1 N–H and O–H groups in total. The molecular formula is C16H16BrNOS. The van der Waals surface area contributed by atoms with Crippen molar-refractivity contribution in [3.8, 4) is 5.75 Å². The summed E-state index contributed by atoms with van der Waals surface area (Å²) in [5, 5.41) is 11.4. The van der Waals surface area contributed by atoms with Crippen molar-refractivity contribution in [2.45, 2.75) is 23.1 Å². The van der Waals surface area contributed by atoms with Crippen LogP contribution in [-0.4, -0.2) is 17.0 Å². The summed E-state index contributed by atoms with van der Waals surface area (Å²) in [5.41, 5.74) is 3.06. The van der Waals surface area contributed by atoms with Crippen LogP contribution in [0.15, 0.2) is 46.2 Å². The molecule has 0 saturated heterocycles. The number of aromatic hydroxyl groups is 1. The van der Waals surface area contributed by atoms with Crippen molar-refractivity contribution in [1.82, 2.24) is 0 Å². The molecule has 0 aliphatic carbocycles. The Morgan fingerprint density at radius 2 is 1.95 bits per heavy atom. The lowest BCUT2D eigenvalue weighted by atomic mass is 10.1. The minimum Gasteiger partial charge on any atom is -0.505 e. The molecule has 0 aromatic heterocycles. The molecule has 0 fully saturated rings. The number of phenols is 1. The molecular weight excluding hydrogens is 334 g/mol. The van der Waals surface area contributed by atoms with E-state index in [0.717, 1.165) is 34.4 Å². The number of phenolic OH excluding ortho intramolecular Hbond substituents is 1. The number of hydrogen-bond donors (Lipinski definition) is 1. The number of benzene rings is 2. The zero-order valence-corrected chi connectivity index (χ0v) is 13.7. The highest BCUT2D eigenvalue weighted by Crippen LogP contribution is 2.52. The van der Waals surface area contributed by atoms with Gasteiger partial charge in [0.2, 0.25) is 0 Å². The van der Waals surface area contributed by atoms with E-state index in [-0.39, 0.29) is 0 Å². The van der Waals surface area contributed by atoms with Crippen LogP contribution in [0.4, 0.5) is 11.4 Å². The first-order chi connectivity index (χ1) is 9.72. The lowest BCUT2D eigenvalue weighted by Gasteiger charge is -2.33. The third-order valence-electron chi connectivity index (χ3n) is 3.48. The molecule has 0 saturated carbocycles. The van der Waals surface area contributed by atoms with Crippen LogP contribution >= 0.6 is 27.7 Å². The molecule has 2 aromatic carbocycles. The van der Waals surface area contributed by atoms with E-state index in [1.165, 1.54) is 10.6 Å². The van der Waals surface area contributed by atoms with Crippen molar-refractivity contribution < 1.29 is 5.11 Å². The van der Waals surface area contributed by atoms with Gasteiger partial charge in [0, 0.05) is 21.7 Å². The molecule has 0 amide bonds. The van der Waals surface area contributed by atoms with Gasteiger partial charge < -0.3 is 10.0 Å². The number of halogens is 1. The number of aryl methyl sites for hydroxylation is 1. The molecule has 104 valence electrons. The third kappa shape index (κ3) is 2.31. The van der Waals surface area contributed by atoms with Gasteiger partial charge in [-0.2, -0.15) is 0 Å². The zero-order chi connectivity index (χ0) is 14.1. The first-order valence-electron chi connectivity index (χ1n) is 6.65. The molecule has 20 heavy (non-hydrogen) atoms. The van der Waals surface area contributed by atoms with Gasteiger partial charge >= 0.3 is 0 Å². The van der Waals surface area contributed by atoms with Crippen LogP contribution in [0.5, 0.6) is 5.75 Å². The summed E-state index contributed by atoms with van der Waals surface area (Å²) in [5.74, 6) is 0.402. The van der Waals surface area contributed by atoms with Gasteiger partial charge in [-0.15, -0.1) is 0 Å². The van der Waals surface area contributed by atoms with Gasteiger partial charge in [-0.1, -0.05) is 45.9 Å². The molecule has 0 atom stereocenters. The molecule has 4 heteroatoms. The summed E-state index contributed by atoms with van der Waals surface area (Å²) >= 11 is 5.22. The van der Waals surface area contributed by atoms with E-state index in [1.807, 2.05) is 13.0 Å². The standard InChI is InChI=1S/C16H16BrNOS/c1-11-7-8-14-15(16(11)19)18(10-4-9-17)12-5-2-3-6-13(12)20-14/h2-3,5-8,19H,4,9-10H2,1H3. The predicted molar refractivity (Wildman–Crippen MR) is 88.8 cm³/mol. The Kier molecular flexibility index (Phi) is 3.94. The maximum atomic E-state index is 10.5. The fraction of sp³-hybridized carbons (Fsp3) is 0.250. The first kappa shape index (κ1) is 13.8. The highest BCUT2D eigenvalue weighted by molar-refractivity contribution is 9.09. The number of hydrogen-bond acceptors (Lipinski definition) is 3. The van der Waals surface area contributed by atoms with Gasteiger partial charge in [0.1, 0.15) is 5.75 Å². The topological polar surface area (TPSA) is 23.5 Å². The Bertz CT molecular complexity index is 644. The van der Waals surface area contributed by atoms with E-state index >= 15 is 0 Å². The predicted octanol–water partition coefficient (Wildman–Crippen LogP) is 5.09. The maximum Gasteiger partial charge on any atom is 0.143 e. The first-order valence-corrected chi connectivity index (χ1v) is 8.59. The van der Waals surface area contributed by atoms with Crippen LogP contribution in [0.1, 0.15) is 12.0 Å². The average molecular weight is 350 g/mol. The van der Waals surface area contributed by atoms with Crippen molar-refractivity contribution in [3.05, 3.63) is 42.0 Å². The number of para-hydroxylation sites is 1. The van der Waals surface area contributed by atoms with Gasteiger partial charge in [-0.3, -0.25) is 0 Å². The number of alkyl halides is 1. The summed E-state index contributed by atoms with van der Waals surface area (Å²) in [6.45, 7) is 2.84. The maximum absolute atomic E-state index is 10.5. The van der Waals surface area contributed by atoms with Crippen LogP contribution in [0.3, 0.4) is 0 Å². The van der Waals surface area contributed by atoms with E-state index < -0.39 is 0 Å². The molecule has 2 nitrogen and oxygen atoms in total. The second-order valence-electron chi connectivity index (χ2n) is 4.84. The van der Waals surface area contributed by atoms with Crippen LogP contribution in [-0.2, 0) is 0 Å². The van der Waals surface area contributed by atoms with Crippen LogP contribution in [0.2, 0.25) is 0 Å². The normalized spacial score (nSPS) is 13.0. The molecule has 0 radical (unpaired) electrons. The smallest absolute Gasteiger partial charge is 0.143 e. The average Bonchev–Trinajstić information content (AvgIpc) is 2.47. The van der Waals surface area contributed by atoms with E-state index in [0.29, 0.717) is 5.75 Å². The Morgan fingerprint density at radius 1 is 1.15 bits per heavy atom. The highest BCUT2D eigenvalue weighted by atomic mass is 79.9. The zero-order valence-electron chi connectivity index (χ0n) is 11.3. The van der Waals surface area contributed by atoms with E-state index in [1.54, 1.807) is 11.8 Å². The number of nitrogens with zero attached hydrogens (tertiary/aromatic N) is 1. The van der Waals surface area contributed by atoms with Crippen molar-refractivity contribution >= 4 is 39.1 Å². The Labute approximate surface area is 131 Å². The van der Waals surface area contributed by atoms with Crippen LogP contribution in [0.25, 0.3) is 0 Å². The third-order valence-corrected chi connectivity index (χ3v) is 5.15. The minimum atomic E-state index is 0.402. The second-order valence-corrected chi connectivity index (χ2v) is 6.72. The Hall–Kier alpha value is -1.13. The SMILES string of the molecule is Cc1ccc2c(c1O)N(CCCBr)c1ccccc1S2. The molecule has 0 spiro atoms. The largest absolute Gasteiger partial charge is 0.505 e. The number of anilines is 2. The Balaban J connectivity index is 2.14. The molecule has 2 aromatic rings. The lowest BCUT2D eigenvalue weighted by Crippen LogP contribution is -2.22. The van der Waals surface area contributed by atoms with Gasteiger partial charge in [0.25, 0.3) is 0 Å². The monoisotopic (exact) mass is 349 g/mol. The molecule has 1 aliphatic heterocycles. The number of fused-ring (bicyclic) bond motifs is 2. The van der Waals surface area contributed by atoms with E-state index in [2.05, 4.69) is 51.2 Å². The van der Waals surface area contributed by atoms with Gasteiger partial charge in [0.15, 0.2) is 0 Å². The lowest BCUT2D eigenvalue weighted by molar-refractivity contribution is 0.469. The van der Waals surface area contributed by atoms with Crippen LogP contribution < -0.4 is 4.90 Å².